The summed E-state index contributed by atoms with van der Waals surface area (Å²) in [6.45, 7) is 1.86. The maximum absolute atomic E-state index is 12.8. The Morgan fingerprint density at radius 2 is 1.67 bits per heavy atom. The maximum atomic E-state index is 12.8. The lowest BCUT2D eigenvalue weighted by molar-refractivity contribution is 0.0383. The van der Waals surface area contributed by atoms with Gasteiger partial charge in [0.25, 0.3) is 10.1 Å². The van der Waals surface area contributed by atoms with E-state index in [9.17, 15) is 13.5 Å². The molecule has 0 amide bonds. The third-order valence-electron chi connectivity index (χ3n) is 4.02. The van der Waals surface area contributed by atoms with Crippen molar-refractivity contribution in [2.45, 2.75) is 24.0 Å². The summed E-state index contributed by atoms with van der Waals surface area (Å²) in [5.41, 5.74) is 1.80. The second-order valence-electron chi connectivity index (χ2n) is 6.08. The normalized spacial score (nSPS) is 13.9. The predicted octanol–water partition coefficient (Wildman–Crippen LogP) is 4.22. The van der Waals surface area contributed by atoms with Crippen LogP contribution < -0.4 is 0 Å². The van der Waals surface area contributed by atoms with Gasteiger partial charge in [-0.1, -0.05) is 59.6 Å². The van der Waals surface area contributed by atoms with Crippen molar-refractivity contribution in [3.05, 3.63) is 94.8 Å². The van der Waals surface area contributed by atoms with Crippen LogP contribution in [0.4, 0.5) is 0 Å². The third-order valence-corrected chi connectivity index (χ3v) is 5.54. The van der Waals surface area contributed by atoms with Crippen molar-refractivity contribution in [1.29, 1.82) is 0 Å². The van der Waals surface area contributed by atoms with Gasteiger partial charge in [-0.05, 0) is 30.7 Å². The van der Waals surface area contributed by atoms with Gasteiger partial charge in [-0.2, -0.15) is 8.42 Å². The van der Waals surface area contributed by atoms with Crippen LogP contribution in [0.1, 0.15) is 28.9 Å². The van der Waals surface area contributed by atoms with Gasteiger partial charge in [-0.3, -0.25) is 9.17 Å². The van der Waals surface area contributed by atoms with Gasteiger partial charge in [-0.15, -0.1) is 0 Å². The zero-order valence-corrected chi connectivity index (χ0v) is 16.1. The summed E-state index contributed by atoms with van der Waals surface area (Å²) in [4.78, 5) is 3.99. The molecule has 0 fully saturated rings. The molecule has 27 heavy (non-hydrogen) atoms. The average molecular weight is 404 g/mol. The average Bonchev–Trinajstić information content (AvgIpc) is 2.67. The highest BCUT2D eigenvalue weighted by molar-refractivity contribution is 7.86. The quantitative estimate of drug-likeness (QED) is 0.623. The van der Waals surface area contributed by atoms with E-state index in [4.69, 9.17) is 15.8 Å². The molecule has 2 unspecified atom stereocenters. The van der Waals surface area contributed by atoms with Crippen LogP contribution in [-0.2, 0) is 14.3 Å². The lowest BCUT2D eigenvalue weighted by Crippen LogP contribution is -2.19. The van der Waals surface area contributed by atoms with Crippen LogP contribution in [0, 0.1) is 6.92 Å². The predicted molar refractivity (Wildman–Crippen MR) is 103 cm³/mol. The Kier molecular flexibility index (Phi) is 5.92. The zero-order chi connectivity index (χ0) is 19.4. The Morgan fingerprint density at radius 1 is 1.00 bits per heavy atom. The van der Waals surface area contributed by atoms with E-state index in [1.807, 2.05) is 6.92 Å². The minimum absolute atomic E-state index is 0.00773. The molecule has 5 nitrogen and oxygen atoms in total. The van der Waals surface area contributed by atoms with Crippen molar-refractivity contribution in [3.63, 3.8) is 0 Å². The third kappa shape index (κ3) is 4.73. The fourth-order valence-electron chi connectivity index (χ4n) is 2.60. The molecule has 1 heterocycles. The molecule has 3 rings (SSSR count). The molecule has 2 atom stereocenters. The number of hydrogen-bond acceptors (Lipinski definition) is 5. The Hall–Kier alpha value is -2.25. The van der Waals surface area contributed by atoms with Crippen LogP contribution in [0.3, 0.4) is 0 Å². The Morgan fingerprint density at radius 3 is 2.30 bits per heavy atom. The molecular weight excluding hydrogens is 386 g/mol. The summed E-state index contributed by atoms with van der Waals surface area (Å²) in [6.07, 6.45) is 0.412. The number of benzene rings is 2. The van der Waals surface area contributed by atoms with Crippen LogP contribution in [-0.4, -0.2) is 18.5 Å². The monoisotopic (exact) mass is 403 g/mol. The number of aryl methyl sites for hydroxylation is 1. The first-order valence-electron chi connectivity index (χ1n) is 8.20. The highest BCUT2D eigenvalue weighted by Gasteiger charge is 2.30. The number of halogens is 1. The molecule has 0 saturated heterocycles. The molecule has 0 radical (unpaired) electrons. The molecule has 140 valence electrons. The molecule has 0 bridgehead atoms. The van der Waals surface area contributed by atoms with Crippen LogP contribution >= 0.6 is 11.6 Å². The van der Waals surface area contributed by atoms with Crippen molar-refractivity contribution < 1.29 is 17.7 Å². The van der Waals surface area contributed by atoms with Gasteiger partial charge < -0.3 is 5.11 Å². The van der Waals surface area contributed by atoms with Gasteiger partial charge in [0, 0.05) is 18.0 Å². The van der Waals surface area contributed by atoms with E-state index in [2.05, 4.69) is 4.98 Å². The van der Waals surface area contributed by atoms with E-state index < -0.39 is 22.3 Å². The Labute approximate surface area is 163 Å². The number of nitrogens with zero attached hydrogens (tertiary/aromatic N) is 1. The van der Waals surface area contributed by atoms with Gasteiger partial charge in [0.15, 0.2) is 0 Å². The van der Waals surface area contributed by atoms with E-state index in [1.54, 1.807) is 42.5 Å². The van der Waals surface area contributed by atoms with E-state index in [-0.39, 0.29) is 4.90 Å². The highest BCUT2D eigenvalue weighted by atomic mass is 35.5. The number of pyridine rings is 1. The van der Waals surface area contributed by atoms with Crippen molar-refractivity contribution >= 4 is 21.7 Å². The number of aliphatic hydroxyl groups excluding tert-OH is 1. The molecule has 3 aromatic rings. The molecule has 2 aromatic carbocycles. The lowest BCUT2D eigenvalue weighted by Gasteiger charge is -2.23. The van der Waals surface area contributed by atoms with E-state index in [1.165, 1.54) is 30.6 Å². The number of rotatable bonds is 6. The summed E-state index contributed by atoms with van der Waals surface area (Å²) in [5, 5.41) is 11.1. The standard InChI is InChI=1S/C20H18ClNO4S/c1-14-7-9-18(10-8-14)27(24,25)26-20(16-11-17(21)13-22-12-16)19(23)15-5-3-2-4-6-15/h2-13,19-20,23H,1H3. The summed E-state index contributed by atoms with van der Waals surface area (Å²) in [6, 6.07) is 16.5. The molecule has 1 N–H and O–H groups in total. The highest BCUT2D eigenvalue weighted by Crippen LogP contribution is 2.35. The molecule has 0 aliphatic rings. The van der Waals surface area contributed by atoms with E-state index >= 15 is 0 Å². The van der Waals surface area contributed by atoms with Gasteiger partial charge in [0.05, 0.1) is 9.92 Å². The van der Waals surface area contributed by atoms with Gasteiger partial charge in [-0.25, -0.2) is 0 Å². The second-order valence-corrected chi connectivity index (χ2v) is 8.08. The molecule has 1 aromatic heterocycles. The topological polar surface area (TPSA) is 76.5 Å². The fourth-order valence-corrected chi connectivity index (χ4v) is 3.85. The fraction of sp³-hybridized carbons (Fsp3) is 0.150. The SMILES string of the molecule is Cc1ccc(S(=O)(=O)OC(c2cncc(Cl)c2)C(O)c2ccccc2)cc1. The lowest BCUT2D eigenvalue weighted by atomic mass is 10.00. The van der Waals surface area contributed by atoms with Crippen LogP contribution in [0.25, 0.3) is 0 Å². The minimum Gasteiger partial charge on any atom is -0.385 e. The molecule has 0 aliphatic carbocycles. The van der Waals surface area contributed by atoms with Gasteiger partial charge in [0.1, 0.15) is 12.2 Å². The van der Waals surface area contributed by atoms with Crippen LogP contribution in [0.5, 0.6) is 0 Å². The van der Waals surface area contributed by atoms with E-state index in [0.29, 0.717) is 16.1 Å². The molecule has 0 spiro atoms. The first-order chi connectivity index (χ1) is 12.9. The van der Waals surface area contributed by atoms with Crippen molar-refractivity contribution in [1.82, 2.24) is 4.98 Å². The number of aliphatic hydroxyl groups is 1. The molecule has 0 aliphatic heterocycles. The number of aromatic nitrogens is 1. The molecule has 0 saturated carbocycles. The Balaban J connectivity index is 2.00. The van der Waals surface area contributed by atoms with Gasteiger partial charge in [0.2, 0.25) is 0 Å². The molecule has 7 heteroatoms. The minimum atomic E-state index is -4.12. The zero-order valence-electron chi connectivity index (χ0n) is 14.5. The summed E-state index contributed by atoms with van der Waals surface area (Å²) in [5.74, 6) is 0. The van der Waals surface area contributed by atoms with Crippen molar-refractivity contribution in [2.75, 3.05) is 0 Å². The number of hydrogen-bond donors (Lipinski definition) is 1. The van der Waals surface area contributed by atoms with Crippen molar-refractivity contribution in [3.8, 4) is 0 Å². The van der Waals surface area contributed by atoms with E-state index in [0.717, 1.165) is 5.56 Å². The summed E-state index contributed by atoms with van der Waals surface area (Å²) >= 11 is 6.00. The smallest absolute Gasteiger partial charge is 0.297 e. The molecular formula is C20H18ClNO4S. The van der Waals surface area contributed by atoms with Crippen molar-refractivity contribution in [2.24, 2.45) is 0 Å². The second kappa shape index (κ2) is 8.19. The van der Waals surface area contributed by atoms with Crippen LogP contribution in [0.15, 0.2) is 78.0 Å². The first-order valence-corrected chi connectivity index (χ1v) is 9.99. The summed E-state index contributed by atoms with van der Waals surface area (Å²) < 4.78 is 31.0. The van der Waals surface area contributed by atoms with Crippen LogP contribution in [0.2, 0.25) is 5.02 Å². The Bertz CT molecular complexity index is 1010. The maximum Gasteiger partial charge on any atom is 0.297 e. The first kappa shape index (κ1) is 19.5. The van der Waals surface area contributed by atoms with Gasteiger partial charge >= 0.3 is 0 Å². The largest absolute Gasteiger partial charge is 0.385 e. The summed E-state index contributed by atoms with van der Waals surface area (Å²) in [7, 11) is -4.12.